The van der Waals surface area contributed by atoms with Gasteiger partial charge in [-0.15, -0.1) is 0 Å². The highest BCUT2D eigenvalue weighted by Gasteiger charge is 2.10. The third kappa shape index (κ3) is 3.18. The number of rotatable bonds is 4. The van der Waals surface area contributed by atoms with Gasteiger partial charge in [-0.05, 0) is 6.92 Å². The maximum atomic E-state index is 11.4. The van der Waals surface area contributed by atoms with Gasteiger partial charge >= 0.3 is 0 Å². The molecule has 0 spiro atoms. The number of methoxy groups -OCH3 is 1. The van der Waals surface area contributed by atoms with Gasteiger partial charge in [0, 0.05) is 12.1 Å². The van der Waals surface area contributed by atoms with Crippen molar-refractivity contribution in [1.82, 2.24) is 15.3 Å². The van der Waals surface area contributed by atoms with E-state index in [1.165, 1.54) is 7.11 Å². The van der Waals surface area contributed by atoms with Crippen LogP contribution in [0.3, 0.4) is 0 Å². The van der Waals surface area contributed by atoms with E-state index in [9.17, 15) is 4.79 Å². The van der Waals surface area contributed by atoms with Crippen LogP contribution in [-0.4, -0.2) is 23.0 Å². The summed E-state index contributed by atoms with van der Waals surface area (Å²) in [6.07, 6.45) is 1.65. The summed E-state index contributed by atoms with van der Waals surface area (Å²) in [7, 11) is 1.54. The Morgan fingerprint density at radius 3 is 2.81 bits per heavy atom. The lowest BCUT2D eigenvalue weighted by Gasteiger charge is -2.09. The minimum atomic E-state index is -0.0376. The molecule has 1 aromatic heterocycles. The molecule has 0 atom stereocenters. The maximum Gasteiger partial charge on any atom is 0.237 e. The van der Waals surface area contributed by atoms with E-state index < -0.39 is 0 Å². The van der Waals surface area contributed by atoms with Crippen molar-refractivity contribution < 1.29 is 9.53 Å². The Bertz CT molecular complexity index is 377. The minimum Gasteiger partial charge on any atom is -0.480 e. The summed E-state index contributed by atoms with van der Waals surface area (Å²) in [5, 5.41) is 2.77. The van der Waals surface area contributed by atoms with Gasteiger partial charge in [0.25, 0.3) is 0 Å². The number of hydrogen-bond acceptors (Lipinski definition) is 4. The van der Waals surface area contributed by atoms with E-state index in [1.54, 1.807) is 6.20 Å². The molecule has 0 bridgehead atoms. The standard InChI is InChI=1S/C11H17N3O2/c1-7(2)10(15)13-6-9-11(16-4)14-8(3)5-12-9/h5,7H,6H2,1-4H3,(H,13,15). The fourth-order valence-electron chi connectivity index (χ4n) is 1.14. The quantitative estimate of drug-likeness (QED) is 0.829. The molecule has 0 saturated heterocycles. The first-order valence-electron chi connectivity index (χ1n) is 5.18. The Morgan fingerprint density at radius 2 is 2.25 bits per heavy atom. The molecule has 0 aromatic carbocycles. The molecule has 88 valence electrons. The second kappa shape index (κ2) is 5.44. The van der Waals surface area contributed by atoms with E-state index in [-0.39, 0.29) is 11.8 Å². The lowest BCUT2D eigenvalue weighted by molar-refractivity contribution is -0.124. The van der Waals surface area contributed by atoms with Gasteiger partial charge in [0.15, 0.2) is 0 Å². The number of aryl methyl sites for hydroxylation is 1. The molecule has 0 aliphatic rings. The minimum absolute atomic E-state index is 0.00979. The van der Waals surface area contributed by atoms with Gasteiger partial charge in [-0.3, -0.25) is 9.78 Å². The third-order valence-electron chi connectivity index (χ3n) is 2.08. The first-order chi connectivity index (χ1) is 7.54. The molecule has 0 radical (unpaired) electrons. The summed E-state index contributed by atoms with van der Waals surface area (Å²) in [5.41, 5.74) is 1.43. The van der Waals surface area contributed by atoms with E-state index in [0.717, 1.165) is 5.69 Å². The average Bonchev–Trinajstić information content (AvgIpc) is 2.26. The van der Waals surface area contributed by atoms with Crippen LogP contribution in [0, 0.1) is 12.8 Å². The topological polar surface area (TPSA) is 64.1 Å². The number of aromatic nitrogens is 2. The molecule has 1 N–H and O–H groups in total. The molecule has 5 nitrogen and oxygen atoms in total. The molecule has 0 unspecified atom stereocenters. The summed E-state index contributed by atoms with van der Waals surface area (Å²) >= 11 is 0. The van der Waals surface area contributed by atoms with E-state index in [4.69, 9.17) is 4.74 Å². The number of carbonyl (C=O) groups is 1. The lowest BCUT2D eigenvalue weighted by atomic mass is 10.2. The van der Waals surface area contributed by atoms with Crippen LogP contribution < -0.4 is 10.1 Å². The highest BCUT2D eigenvalue weighted by atomic mass is 16.5. The zero-order valence-electron chi connectivity index (χ0n) is 10.1. The predicted molar refractivity (Wildman–Crippen MR) is 60.0 cm³/mol. The molecule has 1 amide bonds. The highest BCUT2D eigenvalue weighted by Crippen LogP contribution is 2.12. The molecule has 0 aliphatic carbocycles. The van der Waals surface area contributed by atoms with Gasteiger partial charge in [0.05, 0.1) is 19.3 Å². The molecular formula is C11H17N3O2. The molecule has 5 heteroatoms. The van der Waals surface area contributed by atoms with Crippen LogP contribution in [0.15, 0.2) is 6.20 Å². The van der Waals surface area contributed by atoms with Crippen LogP contribution in [0.1, 0.15) is 25.2 Å². The molecule has 1 heterocycles. The third-order valence-corrected chi connectivity index (χ3v) is 2.08. The Kier molecular flexibility index (Phi) is 4.22. The highest BCUT2D eigenvalue weighted by molar-refractivity contribution is 5.77. The largest absolute Gasteiger partial charge is 0.480 e. The second-order valence-corrected chi connectivity index (χ2v) is 3.84. The molecule has 0 fully saturated rings. The summed E-state index contributed by atoms with van der Waals surface area (Å²) in [6.45, 7) is 5.86. The van der Waals surface area contributed by atoms with Crippen molar-refractivity contribution in [1.29, 1.82) is 0 Å². The molecule has 1 aromatic rings. The fraction of sp³-hybridized carbons (Fsp3) is 0.545. The second-order valence-electron chi connectivity index (χ2n) is 3.84. The van der Waals surface area contributed by atoms with Crippen molar-refractivity contribution in [2.75, 3.05) is 7.11 Å². The van der Waals surface area contributed by atoms with E-state index >= 15 is 0 Å². The molecule has 16 heavy (non-hydrogen) atoms. The van der Waals surface area contributed by atoms with E-state index in [1.807, 2.05) is 20.8 Å². The van der Waals surface area contributed by atoms with Crippen LogP contribution in [0.5, 0.6) is 5.88 Å². The normalized spacial score (nSPS) is 10.3. The van der Waals surface area contributed by atoms with Gasteiger partial charge in [0.1, 0.15) is 5.69 Å². The van der Waals surface area contributed by atoms with Crippen LogP contribution in [0.4, 0.5) is 0 Å². The zero-order valence-corrected chi connectivity index (χ0v) is 10.1. The number of ether oxygens (including phenoxy) is 1. The Balaban J connectivity index is 2.70. The predicted octanol–water partition coefficient (Wildman–Crippen LogP) is 1.07. The van der Waals surface area contributed by atoms with Crippen molar-refractivity contribution in [3.63, 3.8) is 0 Å². The molecular weight excluding hydrogens is 206 g/mol. The lowest BCUT2D eigenvalue weighted by Crippen LogP contribution is -2.27. The zero-order chi connectivity index (χ0) is 12.1. The first-order valence-corrected chi connectivity index (χ1v) is 5.18. The van der Waals surface area contributed by atoms with Gasteiger partial charge in [-0.2, -0.15) is 0 Å². The van der Waals surface area contributed by atoms with Gasteiger partial charge < -0.3 is 10.1 Å². The summed E-state index contributed by atoms with van der Waals surface area (Å²) < 4.78 is 5.09. The van der Waals surface area contributed by atoms with Crippen molar-refractivity contribution >= 4 is 5.91 Å². The first kappa shape index (κ1) is 12.4. The Labute approximate surface area is 95.3 Å². The molecule has 0 saturated carbocycles. The number of hydrogen-bond donors (Lipinski definition) is 1. The van der Waals surface area contributed by atoms with Gasteiger partial charge in [-0.1, -0.05) is 13.8 Å². The van der Waals surface area contributed by atoms with Crippen LogP contribution in [-0.2, 0) is 11.3 Å². The van der Waals surface area contributed by atoms with Crippen LogP contribution >= 0.6 is 0 Å². The number of nitrogens with zero attached hydrogens (tertiary/aromatic N) is 2. The fourth-order valence-corrected chi connectivity index (χ4v) is 1.14. The summed E-state index contributed by atoms with van der Waals surface area (Å²) in [4.78, 5) is 19.7. The maximum absolute atomic E-state index is 11.4. The average molecular weight is 223 g/mol. The number of amides is 1. The van der Waals surface area contributed by atoms with Gasteiger partial charge in [0.2, 0.25) is 11.8 Å². The van der Waals surface area contributed by atoms with Crippen molar-refractivity contribution in [2.24, 2.45) is 5.92 Å². The Morgan fingerprint density at radius 1 is 1.56 bits per heavy atom. The van der Waals surface area contributed by atoms with Crippen molar-refractivity contribution in [2.45, 2.75) is 27.3 Å². The molecule has 0 aliphatic heterocycles. The van der Waals surface area contributed by atoms with E-state index in [0.29, 0.717) is 18.1 Å². The van der Waals surface area contributed by atoms with Crippen LogP contribution in [0.25, 0.3) is 0 Å². The Hall–Kier alpha value is -1.65. The smallest absolute Gasteiger partial charge is 0.237 e. The molecule has 1 rings (SSSR count). The van der Waals surface area contributed by atoms with Crippen molar-refractivity contribution in [3.8, 4) is 5.88 Å². The summed E-state index contributed by atoms with van der Waals surface area (Å²) in [5.74, 6) is 0.415. The van der Waals surface area contributed by atoms with E-state index in [2.05, 4.69) is 15.3 Å². The number of carbonyl (C=O) groups excluding carboxylic acids is 1. The van der Waals surface area contributed by atoms with Gasteiger partial charge in [-0.25, -0.2) is 4.98 Å². The summed E-state index contributed by atoms with van der Waals surface area (Å²) in [6, 6.07) is 0. The monoisotopic (exact) mass is 223 g/mol. The van der Waals surface area contributed by atoms with Crippen molar-refractivity contribution in [3.05, 3.63) is 17.6 Å². The SMILES string of the molecule is COc1nc(C)cnc1CNC(=O)C(C)C. The van der Waals surface area contributed by atoms with Crippen LogP contribution in [0.2, 0.25) is 0 Å². The number of nitrogens with one attached hydrogen (secondary N) is 1.